The van der Waals surface area contributed by atoms with Crippen LogP contribution in [0.5, 0.6) is 5.75 Å². The maximum Gasteiger partial charge on any atom is 0.316 e. The average molecular weight is 377 g/mol. The summed E-state index contributed by atoms with van der Waals surface area (Å²) in [4.78, 5) is 16.5. The summed E-state index contributed by atoms with van der Waals surface area (Å²) < 4.78 is 7.09. The van der Waals surface area contributed by atoms with Gasteiger partial charge >= 0.3 is 5.56 Å². The fourth-order valence-corrected chi connectivity index (χ4v) is 2.96. The molecule has 5 heteroatoms. The van der Waals surface area contributed by atoms with E-state index in [1.807, 2.05) is 41.8 Å². The molecule has 146 valence electrons. The van der Waals surface area contributed by atoms with Gasteiger partial charge in [-0.1, -0.05) is 63.2 Å². The predicted octanol–water partition coefficient (Wildman–Crippen LogP) is 4.65. The zero-order valence-corrected chi connectivity index (χ0v) is 17.1. The number of hydrogen-bond donors (Lipinski definition) is 1. The minimum absolute atomic E-state index is 0.0289. The number of methoxy groups -OCH3 is 1. The highest BCUT2D eigenvalue weighted by Gasteiger charge is 2.16. The third kappa shape index (κ3) is 4.42. The van der Waals surface area contributed by atoms with Gasteiger partial charge in [0, 0.05) is 5.69 Å². The maximum atomic E-state index is 12.3. The van der Waals surface area contributed by atoms with Crippen LogP contribution in [0.4, 0.5) is 11.6 Å². The summed E-state index contributed by atoms with van der Waals surface area (Å²) in [5.74, 6) is 0.713. The second kappa shape index (κ2) is 7.89. The van der Waals surface area contributed by atoms with Crippen molar-refractivity contribution in [2.75, 3.05) is 12.4 Å². The summed E-state index contributed by atoms with van der Waals surface area (Å²) in [6, 6.07) is 16.4. The molecular weight excluding hydrogens is 350 g/mol. The molecule has 0 spiro atoms. The quantitative estimate of drug-likeness (QED) is 0.703. The molecule has 0 aliphatic carbocycles. The lowest BCUT2D eigenvalue weighted by Crippen LogP contribution is -2.19. The number of anilines is 2. The molecule has 0 amide bonds. The Bertz CT molecular complexity index is 1020. The van der Waals surface area contributed by atoms with Crippen LogP contribution in [0.15, 0.2) is 59.5 Å². The number of aromatic nitrogens is 2. The van der Waals surface area contributed by atoms with Gasteiger partial charge in [-0.2, -0.15) is 4.98 Å². The van der Waals surface area contributed by atoms with Crippen molar-refractivity contribution in [3.63, 3.8) is 0 Å². The molecule has 0 aliphatic rings. The molecule has 2 aromatic carbocycles. The van der Waals surface area contributed by atoms with E-state index in [0.29, 0.717) is 12.5 Å². The van der Waals surface area contributed by atoms with Crippen molar-refractivity contribution in [3.8, 4) is 5.75 Å². The minimum atomic E-state index is -0.390. The Morgan fingerprint density at radius 3 is 2.46 bits per heavy atom. The van der Waals surface area contributed by atoms with Crippen molar-refractivity contribution in [3.05, 3.63) is 81.8 Å². The second-order valence-corrected chi connectivity index (χ2v) is 7.96. The molecule has 28 heavy (non-hydrogen) atoms. The lowest BCUT2D eigenvalue weighted by atomic mass is 9.86. The minimum Gasteiger partial charge on any atom is -0.490 e. The molecule has 0 aliphatic heterocycles. The van der Waals surface area contributed by atoms with Crippen molar-refractivity contribution < 1.29 is 4.74 Å². The van der Waals surface area contributed by atoms with Crippen LogP contribution in [0.2, 0.25) is 0 Å². The Balaban J connectivity index is 2.04. The lowest BCUT2D eigenvalue weighted by Gasteiger charge is -2.22. The van der Waals surface area contributed by atoms with Crippen LogP contribution >= 0.6 is 0 Å². The van der Waals surface area contributed by atoms with Crippen molar-refractivity contribution in [1.29, 1.82) is 0 Å². The smallest absolute Gasteiger partial charge is 0.316 e. The molecule has 3 rings (SSSR count). The highest BCUT2D eigenvalue weighted by atomic mass is 16.5. The monoisotopic (exact) mass is 377 g/mol. The van der Waals surface area contributed by atoms with E-state index >= 15 is 0 Å². The lowest BCUT2D eigenvalue weighted by molar-refractivity contribution is 0.402. The van der Waals surface area contributed by atoms with Crippen LogP contribution in [0, 0.1) is 6.92 Å². The third-order valence-corrected chi connectivity index (χ3v) is 4.73. The molecule has 0 saturated heterocycles. The summed E-state index contributed by atoms with van der Waals surface area (Å²) in [5, 5.41) is 3.36. The molecule has 0 fully saturated rings. The van der Waals surface area contributed by atoms with Gasteiger partial charge in [-0.25, -0.2) is 0 Å². The van der Waals surface area contributed by atoms with E-state index in [0.717, 1.165) is 16.8 Å². The van der Waals surface area contributed by atoms with E-state index in [2.05, 4.69) is 49.3 Å². The van der Waals surface area contributed by atoms with Crippen LogP contribution < -0.4 is 15.6 Å². The van der Waals surface area contributed by atoms with Crippen molar-refractivity contribution >= 4 is 11.6 Å². The molecule has 3 aromatic rings. The fraction of sp³-hybridized carbons (Fsp3) is 0.304. The highest BCUT2D eigenvalue weighted by molar-refractivity contribution is 5.60. The van der Waals surface area contributed by atoms with Gasteiger partial charge in [0.05, 0.1) is 19.9 Å². The number of rotatable bonds is 5. The first-order valence-corrected chi connectivity index (χ1v) is 9.35. The fourth-order valence-electron chi connectivity index (χ4n) is 2.96. The Morgan fingerprint density at radius 2 is 1.82 bits per heavy atom. The highest BCUT2D eigenvalue weighted by Crippen LogP contribution is 2.28. The van der Waals surface area contributed by atoms with Gasteiger partial charge in [0.2, 0.25) is 11.7 Å². The summed E-state index contributed by atoms with van der Waals surface area (Å²) >= 11 is 0. The van der Waals surface area contributed by atoms with E-state index in [9.17, 15) is 4.79 Å². The molecule has 1 N–H and O–H groups in total. The molecule has 0 saturated carbocycles. The van der Waals surface area contributed by atoms with Crippen LogP contribution in [-0.4, -0.2) is 16.7 Å². The van der Waals surface area contributed by atoms with E-state index in [1.165, 1.54) is 12.7 Å². The molecule has 0 radical (unpaired) electrons. The van der Waals surface area contributed by atoms with Crippen LogP contribution in [-0.2, 0) is 12.0 Å². The second-order valence-electron chi connectivity index (χ2n) is 7.96. The van der Waals surface area contributed by atoms with Gasteiger partial charge < -0.3 is 14.6 Å². The van der Waals surface area contributed by atoms with Gasteiger partial charge in [-0.05, 0) is 35.1 Å². The number of nitrogens with zero attached hydrogens (tertiary/aromatic N) is 2. The summed E-state index contributed by atoms with van der Waals surface area (Å²) in [7, 11) is 1.48. The molecule has 5 nitrogen and oxygen atoms in total. The van der Waals surface area contributed by atoms with Crippen molar-refractivity contribution in [2.24, 2.45) is 0 Å². The van der Waals surface area contributed by atoms with Crippen molar-refractivity contribution in [2.45, 2.75) is 39.7 Å². The molecule has 0 unspecified atom stereocenters. The molecule has 0 atom stereocenters. The summed E-state index contributed by atoms with van der Waals surface area (Å²) in [6.45, 7) is 9.15. The number of nitrogens with one attached hydrogen (secondary N) is 1. The summed E-state index contributed by atoms with van der Waals surface area (Å²) in [5.41, 5.74) is 3.99. The Labute approximate surface area is 166 Å². The van der Waals surface area contributed by atoms with E-state index in [4.69, 9.17) is 4.74 Å². The van der Waals surface area contributed by atoms with Crippen LogP contribution in [0.1, 0.15) is 37.5 Å². The topological polar surface area (TPSA) is 56.1 Å². The van der Waals surface area contributed by atoms with Gasteiger partial charge in [0.25, 0.3) is 0 Å². The average Bonchev–Trinajstić information content (AvgIpc) is 2.65. The van der Waals surface area contributed by atoms with Gasteiger partial charge in [0.1, 0.15) is 0 Å². The Morgan fingerprint density at radius 1 is 1.11 bits per heavy atom. The Kier molecular flexibility index (Phi) is 5.54. The van der Waals surface area contributed by atoms with Gasteiger partial charge in [-0.3, -0.25) is 4.79 Å². The van der Waals surface area contributed by atoms with Gasteiger partial charge in [0.15, 0.2) is 0 Å². The standard InChI is InChI=1S/C23H27N3O2/c1-16-11-12-18(23(2,3)4)13-19(16)24-22-25-21(27)20(28-5)15-26(22)14-17-9-7-6-8-10-17/h6-13,15H,14H2,1-5H3,(H,24,25,27). The molecular formula is C23H27N3O2. The van der Waals surface area contributed by atoms with Gasteiger partial charge in [-0.15, -0.1) is 0 Å². The third-order valence-electron chi connectivity index (χ3n) is 4.73. The Hall–Kier alpha value is -3.08. The zero-order valence-electron chi connectivity index (χ0n) is 17.1. The number of ether oxygens (including phenoxy) is 1. The van der Waals surface area contributed by atoms with Crippen molar-refractivity contribution in [1.82, 2.24) is 9.55 Å². The van der Waals surface area contributed by atoms with E-state index < -0.39 is 0 Å². The first kappa shape index (κ1) is 19.7. The molecule has 0 bridgehead atoms. The first-order valence-electron chi connectivity index (χ1n) is 9.35. The molecule has 1 aromatic heterocycles. The maximum absolute atomic E-state index is 12.3. The largest absolute Gasteiger partial charge is 0.490 e. The van der Waals surface area contributed by atoms with E-state index in [-0.39, 0.29) is 16.7 Å². The van der Waals surface area contributed by atoms with Crippen LogP contribution in [0.3, 0.4) is 0 Å². The normalized spacial score (nSPS) is 11.3. The number of benzene rings is 2. The predicted molar refractivity (Wildman–Crippen MR) is 114 cm³/mol. The zero-order chi connectivity index (χ0) is 20.3. The molecule has 1 heterocycles. The number of hydrogen-bond acceptors (Lipinski definition) is 4. The first-order chi connectivity index (χ1) is 13.3. The van der Waals surface area contributed by atoms with Crippen LogP contribution in [0.25, 0.3) is 0 Å². The number of aryl methyl sites for hydroxylation is 1. The van der Waals surface area contributed by atoms with E-state index in [1.54, 1.807) is 6.20 Å². The SMILES string of the molecule is COc1cn(Cc2ccccc2)c(Nc2cc(C(C)(C)C)ccc2C)nc1=O. The summed E-state index contributed by atoms with van der Waals surface area (Å²) in [6.07, 6.45) is 1.70.